The van der Waals surface area contributed by atoms with E-state index in [2.05, 4.69) is 21.2 Å². The van der Waals surface area contributed by atoms with Crippen LogP contribution in [-0.2, 0) is 9.53 Å². The molecule has 0 bridgehead atoms. The Morgan fingerprint density at radius 2 is 2.18 bits per heavy atom. The maximum absolute atomic E-state index is 11.8. The van der Waals surface area contributed by atoms with E-state index in [-0.39, 0.29) is 5.97 Å². The van der Waals surface area contributed by atoms with E-state index in [0.29, 0.717) is 6.61 Å². The van der Waals surface area contributed by atoms with Crippen LogP contribution in [0.4, 0.5) is 0 Å². The first-order valence-corrected chi connectivity index (χ1v) is 6.55. The normalized spacial score (nSPS) is 12.2. The monoisotopic (exact) mass is 299 g/mol. The number of hydrogen-bond donors (Lipinski definition) is 1. The molecule has 1 N–H and O–H groups in total. The predicted molar refractivity (Wildman–Crippen MR) is 71.9 cm³/mol. The van der Waals surface area contributed by atoms with Crippen LogP contribution in [0.25, 0.3) is 0 Å². The lowest BCUT2D eigenvalue weighted by Gasteiger charge is -2.17. The Morgan fingerprint density at radius 3 is 2.71 bits per heavy atom. The molecule has 0 saturated heterocycles. The van der Waals surface area contributed by atoms with Gasteiger partial charge in [0.25, 0.3) is 0 Å². The van der Waals surface area contributed by atoms with Crippen molar-refractivity contribution in [3.05, 3.63) is 33.8 Å². The van der Waals surface area contributed by atoms with E-state index in [0.717, 1.165) is 22.1 Å². The Morgan fingerprint density at radius 1 is 1.47 bits per heavy atom. The molecule has 0 amide bonds. The van der Waals surface area contributed by atoms with Crippen LogP contribution in [0.15, 0.2) is 22.7 Å². The van der Waals surface area contributed by atoms with Gasteiger partial charge in [0.05, 0.1) is 6.61 Å². The molecule has 0 aliphatic heterocycles. The molecule has 1 aromatic carbocycles. The molecule has 0 aliphatic carbocycles. The summed E-state index contributed by atoms with van der Waals surface area (Å²) < 4.78 is 6.07. The van der Waals surface area contributed by atoms with Crippen molar-refractivity contribution < 1.29 is 9.53 Å². The molecule has 17 heavy (non-hydrogen) atoms. The van der Waals surface area contributed by atoms with Crippen molar-refractivity contribution in [2.75, 3.05) is 13.2 Å². The topological polar surface area (TPSA) is 38.3 Å². The number of carbonyl (C=O) groups excluding carboxylic acids is 1. The third-order valence-electron chi connectivity index (χ3n) is 2.46. The highest BCUT2D eigenvalue weighted by Gasteiger charge is 2.21. The lowest BCUT2D eigenvalue weighted by Crippen LogP contribution is -2.30. The maximum Gasteiger partial charge on any atom is 0.327 e. The molecule has 94 valence electrons. The summed E-state index contributed by atoms with van der Waals surface area (Å²) in [6, 6.07) is 5.50. The highest BCUT2D eigenvalue weighted by molar-refractivity contribution is 9.10. The van der Waals surface area contributed by atoms with Crippen molar-refractivity contribution >= 4 is 21.9 Å². The smallest absolute Gasteiger partial charge is 0.327 e. The molecule has 0 fully saturated rings. The van der Waals surface area contributed by atoms with Crippen LogP contribution in [0.3, 0.4) is 0 Å². The van der Waals surface area contributed by atoms with Gasteiger partial charge >= 0.3 is 5.97 Å². The lowest BCUT2D eigenvalue weighted by atomic mass is 10.1. The Labute approximate surface area is 111 Å². The molecule has 1 unspecified atom stereocenters. The van der Waals surface area contributed by atoms with E-state index in [1.807, 2.05) is 39.0 Å². The molecule has 4 heteroatoms. The van der Waals surface area contributed by atoms with Gasteiger partial charge in [-0.2, -0.15) is 0 Å². The highest BCUT2D eigenvalue weighted by atomic mass is 79.9. The van der Waals surface area contributed by atoms with Gasteiger partial charge in [0, 0.05) is 4.47 Å². The van der Waals surface area contributed by atoms with Crippen LogP contribution < -0.4 is 5.32 Å². The first-order chi connectivity index (χ1) is 8.10. The fourth-order valence-corrected chi connectivity index (χ4v) is 1.95. The summed E-state index contributed by atoms with van der Waals surface area (Å²) in [7, 11) is 0. The molecular weight excluding hydrogens is 282 g/mol. The van der Waals surface area contributed by atoms with Crippen LogP contribution in [-0.4, -0.2) is 19.1 Å². The number of halogens is 1. The van der Waals surface area contributed by atoms with Gasteiger partial charge in [-0.1, -0.05) is 35.0 Å². The van der Waals surface area contributed by atoms with Crippen molar-refractivity contribution in [2.24, 2.45) is 0 Å². The third kappa shape index (κ3) is 3.82. The quantitative estimate of drug-likeness (QED) is 0.850. The summed E-state index contributed by atoms with van der Waals surface area (Å²) >= 11 is 3.47. The molecule has 1 atom stereocenters. The minimum atomic E-state index is -0.392. The Hall–Kier alpha value is -0.870. The van der Waals surface area contributed by atoms with Gasteiger partial charge in [0.1, 0.15) is 6.04 Å². The number of esters is 1. The third-order valence-corrected chi connectivity index (χ3v) is 3.31. The minimum absolute atomic E-state index is 0.231. The summed E-state index contributed by atoms with van der Waals surface area (Å²) in [4.78, 5) is 11.8. The van der Waals surface area contributed by atoms with Gasteiger partial charge in [-0.15, -0.1) is 0 Å². The average Bonchev–Trinajstić information content (AvgIpc) is 2.30. The molecular formula is C13H18BrNO2. The van der Waals surface area contributed by atoms with Gasteiger partial charge < -0.3 is 10.1 Å². The van der Waals surface area contributed by atoms with Gasteiger partial charge in [0.15, 0.2) is 0 Å². The fraction of sp³-hybridized carbons (Fsp3) is 0.462. The number of ether oxygens (including phenoxy) is 1. The van der Waals surface area contributed by atoms with Crippen LogP contribution in [0.2, 0.25) is 0 Å². The van der Waals surface area contributed by atoms with Crippen molar-refractivity contribution in [1.82, 2.24) is 5.32 Å². The second-order valence-corrected chi connectivity index (χ2v) is 4.61. The van der Waals surface area contributed by atoms with E-state index < -0.39 is 6.04 Å². The number of rotatable bonds is 5. The van der Waals surface area contributed by atoms with Gasteiger partial charge in [-0.25, -0.2) is 4.79 Å². The van der Waals surface area contributed by atoms with E-state index in [1.54, 1.807) is 0 Å². The SMILES string of the molecule is CCNC(C(=O)OCC)c1ccc(C)c(Br)c1. The van der Waals surface area contributed by atoms with Crippen molar-refractivity contribution in [3.63, 3.8) is 0 Å². The second-order valence-electron chi connectivity index (χ2n) is 3.75. The van der Waals surface area contributed by atoms with Crippen molar-refractivity contribution in [1.29, 1.82) is 0 Å². The van der Waals surface area contributed by atoms with Crippen LogP contribution in [0, 0.1) is 6.92 Å². The van der Waals surface area contributed by atoms with Crippen molar-refractivity contribution in [3.8, 4) is 0 Å². The summed E-state index contributed by atoms with van der Waals surface area (Å²) in [6.45, 7) is 6.91. The van der Waals surface area contributed by atoms with Gasteiger partial charge in [-0.05, 0) is 37.6 Å². The number of nitrogens with one attached hydrogen (secondary N) is 1. The first-order valence-electron chi connectivity index (χ1n) is 5.76. The molecule has 0 saturated carbocycles. The number of hydrogen-bond acceptors (Lipinski definition) is 3. The molecule has 0 aromatic heterocycles. The Bertz CT molecular complexity index is 393. The van der Waals surface area contributed by atoms with E-state index in [4.69, 9.17) is 4.74 Å². The molecule has 0 heterocycles. The first kappa shape index (κ1) is 14.2. The number of benzene rings is 1. The van der Waals surface area contributed by atoms with Crippen LogP contribution >= 0.6 is 15.9 Å². The summed E-state index contributed by atoms with van der Waals surface area (Å²) in [5, 5.41) is 3.13. The number of carbonyl (C=O) groups is 1. The fourth-order valence-electron chi connectivity index (χ4n) is 1.56. The summed E-state index contributed by atoms with van der Waals surface area (Å²) in [5.41, 5.74) is 2.07. The van der Waals surface area contributed by atoms with E-state index >= 15 is 0 Å². The second kappa shape index (κ2) is 6.77. The summed E-state index contributed by atoms with van der Waals surface area (Å²) in [6.07, 6.45) is 0. The molecule has 0 aliphatic rings. The predicted octanol–water partition coefficient (Wildman–Crippen LogP) is 2.97. The number of aryl methyl sites for hydroxylation is 1. The van der Waals surface area contributed by atoms with Crippen LogP contribution in [0.5, 0.6) is 0 Å². The molecule has 0 radical (unpaired) electrons. The maximum atomic E-state index is 11.8. The zero-order chi connectivity index (χ0) is 12.8. The molecule has 0 spiro atoms. The van der Waals surface area contributed by atoms with Crippen LogP contribution in [0.1, 0.15) is 31.0 Å². The molecule has 1 aromatic rings. The Kier molecular flexibility index (Phi) is 5.65. The van der Waals surface area contributed by atoms with Gasteiger partial charge in [-0.3, -0.25) is 0 Å². The van der Waals surface area contributed by atoms with E-state index in [9.17, 15) is 4.79 Å². The molecule has 1 rings (SSSR count). The standard InChI is InChI=1S/C13H18BrNO2/c1-4-15-12(13(16)17-5-2)10-7-6-9(3)11(14)8-10/h6-8,12,15H,4-5H2,1-3H3. The minimum Gasteiger partial charge on any atom is -0.465 e. The largest absolute Gasteiger partial charge is 0.465 e. The van der Waals surface area contributed by atoms with Crippen molar-refractivity contribution in [2.45, 2.75) is 26.8 Å². The lowest BCUT2D eigenvalue weighted by molar-refractivity contribution is -0.145. The Balaban J connectivity index is 2.96. The van der Waals surface area contributed by atoms with E-state index in [1.165, 1.54) is 0 Å². The summed E-state index contributed by atoms with van der Waals surface area (Å²) in [5.74, 6) is -0.231. The zero-order valence-electron chi connectivity index (χ0n) is 10.4. The zero-order valence-corrected chi connectivity index (χ0v) is 12.0. The number of likely N-dealkylation sites (N-methyl/N-ethyl adjacent to an activating group) is 1. The average molecular weight is 300 g/mol. The molecule has 3 nitrogen and oxygen atoms in total. The highest BCUT2D eigenvalue weighted by Crippen LogP contribution is 2.22. The van der Waals surface area contributed by atoms with Gasteiger partial charge in [0.2, 0.25) is 0 Å².